The molecule has 1 fully saturated rings. The Morgan fingerprint density at radius 2 is 2.00 bits per heavy atom. The Hall–Kier alpha value is -1.26. The third-order valence-corrected chi connectivity index (χ3v) is 3.14. The van der Waals surface area contributed by atoms with E-state index in [-0.39, 0.29) is 0 Å². The molecule has 0 radical (unpaired) electrons. The highest BCUT2D eigenvalue weighted by molar-refractivity contribution is 5.53. The summed E-state index contributed by atoms with van der Waals surface area (Å²) >= 11 is 0. The van der Waals surface area contributed by atoms with Crippen molar-refractivity contribution in [3.8, 4) is 5.75 Å². The topological polar surface area (TPSA) is 33.7 Å². The number of benzene rings is 1. The van der Waals surface area contributed by atoms with E-state index < -0.39 is 0 Å². The highest BCUT2D eigenvalue weighted by atomic mass is 16.6. The van der Waals surface area contributed by atoms with Crippen LogP contribution in [0.4, 0.5) is 5.69 Å². The van der Waals surface area contributed by atoms with Gasteiger partial charge in [0.05, 0.1) is 14.2 Å². The van der Waals surface area contributed by atoms with Crippen molar-refractivity contribution in [3.63, 3.8) is 0 Å². The molecule has 1 aliphatic rings. The number of methoxy groups -OCH3 is 1. The van der Waals surface area contributed by atoms with Crippen LogP contribution in [-0.2, 0) is 11.4 Å². The van der Waals surface area contributed by atoms with E-state index >= 15 is 0 Å². The van der Waals surface area contributed by atoms with E-state index in [0.717, 1.165) is 24.4 Å². The Morgan fingerprint density at radius 1 is 1.24 bits per heavy atom. The quantitative estimate of drug-likeness (QED) is 0.792. The molecule has 1 aromatic carbocycles. The highest BCUT2D eigenvalue weighted by Gasteiger charge is 2.14. The first kappa shape index (κ1) is 12.2. The van der Waals surface area contributed by atoms with Gasteiger partial charge in [0, 0.05) is 30.9 Å². The van der Waals surface area contributed by atoms with Crippen LogP contribution in [0.2, 0.25) is 0 Å². The van der Waals surface area contributed by atoms with Crippen molar-refractivity contribution in [2.75, 3.05) is 32.2 Å². The minimum Gasteiger partial charge on any atom is -0.496 e. The number of nitrogens with zero attached hydrogens (tertiary/aromatic N) is 1. The van der Waals surface area contributed by atoms with Gasteiger partial charge in [-0.1, -0.05) is 0 Å². The molecule has 0 aliphatic carbocycles. The predicted octanol–water partition coefficient (Wildman–Crippen LogP) is 1.95. The van der Waals surface area contributed by atoms with E-state index in [2.05, 4.69) is 22.5 Å². The summed E-state index contributed by atoms with van der Waals surface area (Å²) in [5, 5.41) is 0. The second-order valence-corrected chi connectivity index (χ2v) is 4.22. The van der Waals surface area contributed by atoms with Crippen LogP contribution in [0.1, 0.15) is 18.4 Å². The standard InChI is InChI=1S/C13H20N2O2/c1-16-13-6-5-12(15-7-3-4-8-15)9-11(13)10-14-17-2/h5-6,9,14H,3-4,7-8,10H2,1-2H3. The maximum absolute atomic E-state index is 5.35. The van der Waals surface area contributed by atoms with Crippen LogP contribution in [0.3, 0.4) is 0 Å². The molecule has 1 heterocycles. The number of nitrogens with one attached hydrogen (secondary N) is 1. The Balaban J connectivity index is 2.17. The highest BCUT2D eigenvalue weighted by Crippen LogP contribution is 2.27. The van der Waals surface area contributed by atoms with Gasteiger partial charge in [-0.2, -0.15) is 5.48 Å². The van der Waals surface area contributed by atoms with Crippen molar-refractivity contribution >= 4 is 5.69 Å². The molecule has 1 N–H and O–H groups in total. The SMILES string of the molecule is CONCc1cc(N2CCCC2)ccc1OC. The number of hydrogen-bond donors (Lipinski definition) is 1. The van der Waals surface area contributed by atoms with Gasteiger partial charge in [-0.25, -0.2) is 0 Å². The molecule has 0 spiro atoms. The van der Waals surface area contributed by atoms with E-state index in [0.29, 0.717) is 6.54 Å². The fourth-order valence-electron chi connectivity index (χ4n) is 2.23. The van der Waals surface area contributed by atoms with Gasteiger partial charge in [-0.05, 0) is 31.0 Å². The molecular weight excluding hydrogens is 216 g/mol. The summed E-state index contributed by atoms with van der Waals surface area (Å²) in [5.41, 5.74) is 5.26. The summed E-state index contributed by atoms with van der Waals surface area (Å²) in [6, 6.07) is 6.33. The van der Waals surface area contributed by atoms with Gasteiger partial charge in [0.25, 0.3) is 0 Å². The first-order valence-electron chi connectivity index (χ1n) is 6.03. The summed E-state index contributed by atoms with van der Waals surface area (Å²) in [4.78, 5) is 7.30. The minimum atomic E-state index is 0.654. The first-order chi connectivity index (χ1) is 8.35. The van der Waals surface area contributed by atoms with Gasteiger partial charge in [-0.3, -0.25) is 0 Å². The van der Waals surface area contributed by atoms with E-state index in [9.17, 15) is 0 Å². The molecule has 0 unspecified atom stereocenters. The number of hydroxylamine groups is 1. The Morgan fingerprint density at radius 3 is 2.65 bits per heavy atom. The van der Waals surface area contributed by atoms with Gasteiger partial charge in [-0.15, -0.1) is 0 Å². The van der Waals surface area contributed by atoms with E-state index in [4.69, 9.17) is 9.57 Å². The van der Waals surface area contributed by atoms with Crippen LogP contribution in [0, 0.1) is 0 Å². The van der Waals surface area contributed by atoms with Crippen molar-refractivity contribution in [2.45, 2.75) is 19.4 Å². The number of anilines is 1. The Labute approximate surface area is 102 Å². The molecule has 94 valence electrons. The van der Waals surface area contributed by atoms with Crippen molar-refractivity contribution in [1.29, 1.82) is 0 Å². The lowest BCUT2D eigenvalue weighted by atomic mass is 10.1. The van der Waals surface area contributed by atoms with Gasteiger partial charge in [0.2, 0.25) is 0 Å². The van der Waals surface area contributed by atoms with Crippen molar-refractivity contribution in [2.24, 2.45) is 0 Å². The molecule has 0 aromatic heterocycles. The number of hydrogen-bond acceptors (Lipinski definition) is 4. The molecule has 0 saturated carbocycles. The zero-order valence-electron chi connectivity index (χ0n) is 10.5. The average Bonchev–Trinajstić information content (AvgIpc) is 2.89. The van der Waals surface area contributed by atoms with Crippen molar-refractivity contribution in [3.05, 3.63) is 23.8 Å². The lowest BCUT2D eigenvalue weighted by Crippen LogP contribution is -2.18. The average molecular weight is 236 g/mol. The van der Waals surface area contributed by atoms with Crippen LogP contribution in [0.25, 0.3) is 0 Å². The molecule has 1 aromatic rings. The molecule has 17 heavy (non-hydrogen) atoms. The van der Waals surface area contributed by atoms with Gasteiger partial charge in [0.1, 0.15) is 5.75 Å². The lowest BCUT2D eigenvalue weighted by molar-refractivity contribution is 0.0861. The normalized spacial score (nSPS) is 15.3. The largest absolute Gasteiger partial charge is 0.496 e. The maximum atomic E-state index is 5.35. The summed E-state index contributed by atoms with van der Waals surface area (Å²) in [6.45, 7) is 2.97. The summed E-state index contributed by atoms with van der Waals surface area (Å²) < 4.78 is 5.35. The van der Waals surface area contributed by atoms with Crippen molar-refractivity contribution in [1.82, 2.24) is 5.48 Å². The molecule has 4 heteroatoms. The van der Waals surface area contributed by atoms with Crippen LogP contribution in [0.5, 0.6) is 5.75 Å². The predicted molar refractivity (Wildman–Crippen MR) is 68.3 cm³/mol. The van der Waals surface area contributed by atoms with Crippen molar-refractivity contribution < 1.29 is 9.57 Å². The van der Waals surface area contributed by atoms with Gasteiger partial charge in [0.15, 0.2) is 0 Å². The van der Waals surface area contributed by atoms with Gasteiger partial charge < -0.3 is 14.5 Å². The molecule has 1 aliphatic heterocycles. The molecular formula is C13H20N2O2. The van der Waals surface area contributed by atoms with Crippen LogP contribution in [-0.4, -0.2) is 27.3 Å². The summed E-state index contributed by atoms with van der Waals surface area (Å²) in [5.74, 6) is 0.900. The third-order valence-electron chi connectivity index (χ3n) is 3.14. The second kappa shape index (κ2) is 5.89. The number of rotatable bonds is 5. The van der Waals surface area contributed by atoms with E-state index in [1.54, 1.807) is 14.2 Å². The first-order valence-corrected chi connectivity index (χ1v) is 6.03. The van der Waals surface area contributed by atoms with Gasteiger partial charge >= 0.3 is 0 Å². The molecule has 2 rings (SSSR count). The maximum Gasteiger partial charge on any atom is 0.123 e. The number of ether oxygens (including phenoxy) is 1. The fraction of sp³-hybridized carbons (Fsp3) is 0.538. The molecule has 0 atom stereocenters. The molecule has 0 amide bonds. The Kier molecular flexibility index (Phi) is 4.23. The van der Waals surface area contributed by atoms with Crippen LogP contribution in [0.15, 0.2) is 18.2 Å². The molecule has 1 saturated heterocycles. The third kappa shape index (κ3) is 2.90. The smallest absolute Gasteiger partial charge is 0.123 e. The monoisotopic (exact) mass is 236 g/mol. The summed E-state index contributed by atoms with van der Waals surface area (Å²) in [7, 11) is 3.32. The summed E-state index contributed by atoms with van der Waals surface area (Å²) in [6.07, 6.45) is 2.58. The molecule has 0 bridgehead atoms. The second-order valence-electron chi connectivity index (χ2n) is 4.22. The van der Waals surface area contributed by atoms with Crippen LogP contribution < -0.4 is 15.1 Å². The van der Waals surface area contributed by atoms with Crippen LogP contribution >= 0.6 is 0 Å². The molecule has 4 nitrogen and oxygen atoms in total. The minimum absolute atomic E-state index is 0.654. The lowest BCUT2D eigenvalue weighted by Gasteiger charge is -2.19. The fourth-order valence-corrected chi connectivity index (χ4v) is 2.23. The van der Waals surface area contributed by atoms with E-state index in [1.807, 2.05) is 6.07 Å². The zero-order chi connectivity index (χ0) is 12.1. The zero-order valence-corrected chi connectivity index (χ0v) is 10.5. The Bertz CT molecular complexity index is 362. The van der Waals surface area contributed by atoms with E-state index in [1.165, 1.54) is 18.5 Å².